The zero-order valence-corrected chi connectivity index (χ0v) is 10.6. The van der Waals surface area contributed by atoms with E-state index in [9.17, 15) is 0 Å². The van der Waals surface area contributed by atoms with Gasteiger partial charge in [-0.2, -0.15) is 5.26 Å². The lowest BCUT2D eigenvalue weighted by Gasteiger charge is -2.12. The minimum absolute atomic E-state index is 0.0671. The quantitative estimate of drug-likeness (QED) is 0.924. The summed E-state index contributed by atoms with van der Waals surface area (Å²) in [6.07, 6.45) is 3.52. The van der Waals surface area contributed by atoms with E-state index in [-0.39, 0.29) is 11.2 Å². The van der Waals surface area contributed by atoms with Crippen LogP contribution in [0.15, 0.2) is 24.5 Å². The normalized spacial score (nSPS) is 11.8. The van der Waals surface area contributed by atoms with Gasteiger partial charge in [0.25, 0.3) is 0 Å². The summed E-state index contributed by atoms with van der Waals surface area (Å²) in [5.74, 6) is 0. The Hall–Kier alpha value is -1.64. The predicted octanol–water partition coefficient (Wildman–Crippen LogP) is 3.24. The highest BCUT2D eigenvalue weighted by Crippen LogP contribution is 2.28. The van der Waals surface area contributed by atoms with Gasteiger partial charge in [-0.25, -0.2) is 4.98 Å². The molecule has 2 heterocycles. The zero-order valence-electron chi connectivity index (χ0n) is 9.01. The summed E-state index contributed by atoms with van der Waals surface area (Å²) in [4.78, 5) is 8.55. The molecule has 0 amide bonds. The number of nitrogens with zero attached hydrogens (tertiary/aromatic N) is 3. The van der Waals surface area contributed by atoms with Crippen LogP contribution in [0.5, 0.6) is 0 Å². The summed E-state index contributed by atoms with van der Waals surface area (Å²) in [6, 6.07) is 5.92. The average molecular weight is 265 g/mol. The first-order valence-electron chi connectivity index (χ1n) is 4.93. The van der Waals surface area contributed by atoms with Crippen molar-refractivity contribution in [1.82, 2.24) is 9.97 Å². The molecule has 2 aromatic rings. The van der Waals surface area contributed by atoms with Crippen molar-refractivity contribution in [2.24, 2.45) is 0 Å². The molecule has 17 heavy (non-hydrogen) atoms. The van der Waals surface area contributed by atoms with Gasteiger partial charge in [-0.05, 0) is 18.6 Å². The van der Waals surface area contributed by atoms with Gasteiger partial charge in [0.15, 0.2) is 10.3 Å². The fraction of sp³-hybridized carbons (Fsp3) is 0.182. The van der Waals surface area contributed by atoms with Crippen LogP contribution in [0.1, 0.15) is 23.4 Å². The Bertz CT molecular complexity index is 546. The molecule has 0 aromatic carbocycles. The van der Waals surface area contributed by atoms with Gasteiger partial charge in [0.05, 0.1) is 6.04 Å². The van der Waals surface area contributed by atoms with Gasteiger partial charge in [0.1, 0.15) is 10.9 Å². The van der Waals surface area contributed by atoms with Crippen LogP contribution < -0.4 is 5.32 Å². The number of thiazole rings is 1. The molecular weight excluding hydrogens is 256 g/mol. The molecule has 0 aliphatic carbocycles. The molecule has 0 fully saturated rings. The molecule has 86 valence electrons. The Morgan fingerprint density at radius 2 is 2.41 bits per heavy atom. The van der Waals surface area contributed by atoms with Crippen LogP contribution in [0.2, 0.25) is 5.15 Å². The lowest BCUT2D eigenvalue weighted by atomic mass is 10.1. The highest BCUT2D eigenvalue weighted by Gasteiger charge is 2.11. The van der Waals surface area contributed by atoms with Gasteiger partial charge in [0, 0.05) is 12.4 Å². The topological polar surface area (TPSA) is 61.6 Å². The summed E-state index contributed by atoms with van der Waals surface area (Å²) < 4.78 is 0. The van der Waals surface area contributed by atoms with Gasteiger partial charge >= 0.3 is 0 Å². The van der Waals surface area contributed by atoms with Crippen molar-refractivity contribution in [2.45, 2.75) is 13.0 Å². The number of rotatable bonds is 3. The molecule has 2 aromatic heterocycles. The van der Waals surface area contributed by atoms with Gasteiger partial charge in [0.2, 0.25) is 0 Å². The van der Waals surface area contributed by atoms with Gasteiger partial charge < -0.3 is 5.32 Å². The largest absolute Gasteiger partial charge is 0.355 e. The van der Waals surface area contributed by atoms with Crippen LogP contribution >= 0.6 is 22.9 Å². The summed E-state index contributed by atoms with van der Waals surface area (Å²) in [5, 5.41) is 12.9. The molecule has 0 bridgehead atoms. The van der Waals surface area contributed by atoms with Crippen molar-refractivity contribution >= 4 is 28.1 Å². The second-order valence-electron chi connectivity index (χ2n) is 3.40. The first-order chi connectivity index (χ1) is 8.20. The molecule has 6 heteroatoms. The SMILES string of the molecule is CC(Nc1nc(Cl)c(C#N)s1)c1cccnc1. The maximum Gasteiger partial charge on any atom is 0.185 e. The molecule has 1 atom stereocenters. The van der Waals surface area contributed by atoms with Gasteiger partial charge in [-0.15, -0.1) is 0 Å². The Labute approximate surface area is 108 Å². The molecule has 1 N–H and O–H groups in total. The third-order valence-corrected chi connectivity index (χ3v) is 3.49. The number of pyridine rings is 1. The minimum atomic E-state index is 0.0671. The number of halogens is 1. The van der Waals surface area contributed by atoms with E-state index in [0.29, 0.717) is 10.0 Å². The number of nitriles is 1. The lowest BCUT2D eigenvalue weighted by Crippen LogP contribution is -2.06. The Morgan fingerprint density at radius 3 is 3.00 bits per heavy atom. The van der Waals surface area contributed by atoms with E-state index in [0.717, 1.165) is 5.56 Å². The maximum absolute atomic E-state index is 8.78. The van der Waals surface area contributed by atoms with E-state index in [1.165, 1.54) is 11.3 Å². The standard InChI is InChI=1S/C11H9ClN4S/c1-7(8-3-2-4-14-6-8)15-11-16-10(12)9(5-13)17-11/h2-4,6-7H,1H3,(H,15,16). The van der Waals surface area contributed by atoms with Crippen molar-refractivity contribution in [3.63, 3.8) is 0 Å². The average Bonchev–Trinajstić information content (AvgIpc) is 2.70. The Morgan fingerprint density at radius 1 is 1.59 bits per heavy atom. The third-order valence-electron chi connectivity index (χ3n) is 2.21. The molecule has 4 nitrogen and oxygen atoms in total. The van der Waals surface area contributed by atoms with Crippen molar-refractivity contribution in [3.05, 3.63) is 40.1 Å². The van der Waals surface area contributed by atoms with Crippen LogP contribution in [0.4, 0.5) is 5.13 Å². The highest BCUT2D eigenvalue weighted by atomic mass is 35.5. The van der Waals surface area contributed by atoms with E-state index >= 15 is 0 Å². The Kier molecular flexibility index (Phi) is 3.57. The van der Waals surface area contributed by atoms with E-state index in [1.54, 1.807) is 12.4 Å². The monoisotopic (exact) mass is 264 g/mol. The van der Waals surface area contributed by atoms with Gasteiger partial charge in [-0.1, -0.05) is 29.0 Å². The first kappa shape index (κ1) is 11.8. The molecule has 2 rings (SSSR count). The third kappa shape index (κ3) is 2.73. The molecule has 0 saturated carbocycles. The molecule has 0 aliphatic heterocycles. The van der Waals surface area contributed by atoms with E-state index in [4.69, 9.17) is 16.9 Å². The number of aromatic nitrogens is 2. The van der Waals surface area contributed by atoms with Crippen LogP contribution in [0.25, 0.3) is 0 Å². The number of nitrogens with one attached hydrogen (secondary N) is 1. The van der Waals surface area contributed by atoms with Crippen LogP contribution in [0, 0.1) is 11.3 Å². The summed E-state index contributed by atoms with van der Waals surface area (Å²) in [6.45, 7) is 2.00. The van der Waals surface area contributed by atoms with Crippen molar-refractivity contribution in [2.75, 3.05) is 5.32 Å². The van der Waals surface area contributed by atoms with E-state index < -0.39 is 0 Å². The molecule has 0 spiro atoms. The second-order valence-corrected chi connectivity index (χ2v) is 4.76. The molecule has 0 saturated heterocycles. The summed E-state index contributed by atoms with van der Waals surface area (Å²) in [7, 11) is 0. The lowest BCUT2D eigenvalue weighted by molar-refractivity contribution is 0.873. The maximum atomic E-state index is 8.78. The summed E-state index contributed by atoms with van der Waals surface area (Å²) in [5.41, 5.74) is 1.05. The Balaban J connectivity index is 2.14. The molecule has 0 radical (unpaired) electrons. The fourth-order valence-corrected chi connectivity index (χ4v) is 2.37. The predicted molar refractivity (Wildman–Crippen MR) is 68.1 cm³/mol. The fourth-order valence-electron chi connectivity index (χ4n) is 1.33. The smallest absolute Gasteiger partial charge is 0.185 e. The zero-order chi connectivity index (χ0) is 12.3. The second kappa shape index (κ2) is 5.13. The number of hydrogen-bond donors (Lipinski definition) is 1. The van der Waals surface area contributed by atoms with Crippen molar-refractivity contribution < 1.29 is 0 Å². The minimum Gasteiger partial charge on any atom is -0.355 e. The first-order valence-corrected chi connectivity index (χ1v) is 6.13. The number of hydrogen-bond acceptors (Lipinski definition) is 5. The molecule has 1 unspecified atom stereocenters. The highest BCUT2D eigenvalue weighted by molar-refractivity contribution is 7.16. The van der Waals surface area contributed by atoms with Crippen LogP contribution in [0.3, 0.4) is 0 Å². The van der Waals surface area contributed by atoms with E-state index in [1.807, 2.05) is 25.1 Å². The molecular formula is C11H9ClN4S. The van der Waals surface area contributed by atoms with Crippen molar-refractivity contribution in [3.8, 4) is 6.07 Å². The molecule has 0 aliphatic rings. The van der Waals surface area contributed by atoms with Crippen LogP contribution in [-0.2, 0) is 0 Å². The van der Waals surface area contributed by atoms with Gasteiger partial charge in [-0.3, -0.25) is 4.98 Å². The summed E-state index contributed by atoms with van der Waals surface area (Å²) >= 11 is 7.05. The van der Waals surface area contributed by atoms with Crippen LogP contribution in [-0.4, -0.2) is 9.97 Å². The van der Waals surface area contributed by atoms with E-state index in [2.05, 4.69) is 15.3 Å². The van der Waals surface area contributed by atoms with Crippen molar-refractivity contribution in [1.29, 1.82) is 5.26 Å². The number of anilines is 1.